The van der Waals surface area contributed by atoms with Crippen LogP contribution < -0.4 is 10.8 Å². The SMILES string of the molecule is CC(C)C[C@@H](C(=O)N[C@@H](Cc1ccc(S(=O)(=O)O)cc1)C(=O)c1ccco1)C(Cc1cccc2ccccc12)C(=O)NO. The molecule has 1 aromatic heterocycles. The third kappa shape index (κ3) is 7.95. The molecule has 0 saturated heterocycles. The average molecular weight is 607 g/mol. The molecule has 3 atom stereocenters. The van der Waals surface area contributed by atoms with Gasteiger partial charge in [-0.05, 0) is 64.9 Å². The van der Waals surface area contributed by atoms with Gasteiger partial charge in [0.2, 0.25) is 17.6 Å². The molecule has 0 fully saturated rings. The van der Waals surface area contributed by atoms with Gasteiger partial charge in [-0.25, -0.2) is 5.48 Å². The summed E-state index contributed by atoms with van der Waals surface area (Å²) < 4.78 is 37.5. The van der Waals surface area contributed by atoms with Crippen molar-refractivity contribution >= 4 is 38.5 Å². The predicted octanol–water partition coefficient (Wildman–Crippen LogP) is 4.62. The highest BCUT2D eigenvalue weighted by Gasteiger charge is 2.37. The van der Waals surface area contributed by atoms with Crippen LogP contribution in [-0.2, 0) is 32.5 Å². The maximum Gasteiger partial charge on any atom is 0.294 e. The van der Waals surface area contributed by atoms with Crippen LogP contribution in [0.25, 0.3) is 10.8 Å². The van der Waals surface area contributed by atoms with Crippen molar-refractivity contribution in [2.45, 2.75) is 44.0 Å². The van der Waals surface area contributed by atoms with Gasteiger partial charge in [-0.3, -0.25) is 24.1 Å². The molecular formula is C32H34N2O8S. The van der Waals surface area contributed by atoms with Crippen LogP contribution >= 0.6 is 0 Å². The van der Waals surface area contributed by atoms with Crippen molar-refractivity contribution in [3.8, 4) is 0 Å². The van der Waals surface area contributed by atoms with E-state index in [0.717, 1.165) is 16.3 Å². The molecule has 4 aromatic rings. The Kier molecular flexibility index (Phi) is 10.1. The van der Waals surface area contributed by atoms with Crippen LogP contribution in [0.2, 0.25) is 0 Å². The lowest BCUT2D eigenvalue weighted by Crippen LogP contribution is -2.49. The Hall–Kier alpha value is -4.32. The van der Waals surface area contributed by atoms with E-state index < -0.39 is 45.6 Å². The zero-order chi connectivity index (χ0) is 31.1. The molecule has 0 aliphatic rings. The summed E-state index contributed by atoms with van der Waals surface area (Å²) in [6.07, 6.45) is 1.76. The highest BCUT2D eigenvalue weighted by atomic mass is 32.2. The number of benzene rings is 3. The molecule has 4 N–H and O–H groups in total. The first kappa shape index (κ1) is 31.6. The first-order chi connectivity index (χ1) is 20.5. The van der Waals surface area contributed by atoms with Gasteiger partial charge in [0.05, 0.1) is 29.0 Å². The molecule has 0 radical (unpaired) electrons. The number of hydrogen-bond donors (Lipinski definition) is 4. The third-order valence-corrected chi connectivity index (χ3v) is 8.24. The molecule has 0 saturated carbocycles. The van der Waals surface area contributed by atoms with Crippen LogP contribution in [-0.4, -0.2) is 41.8 Å². The second kappa shape index (κ2) is 13.8. The van der Waals surface area contributed by atoms with Crippen LogP contribution in [0.1, 0.15) is 41.9 Å². The molecule has 43 heavy (non-hydrogen) atoms. The number of hydrogen-bond acceptors (Lipinski definition) is 7. The van der Waals surface area contributed by atoms with Gasteiger partial charge in [-0.2, -0.15) is 8.42 Å². The number of ketones is 1. The van der Waals surface area contributed by atoms with E-state index in [4.69, 9.17) is 4.42 Å². The Labute approximate surface area is 249 Å². The molecule has 2 amide bonds. The predicted molar refractivity (Wildman–Crippen MR) is 159 cm³/mol. The molecule has 0 bridgehead atoms. The minimum atomic E-state index is -4.41. The fourth-order valence-corrected chi connectivity index (χ4v) is 5.76. The smallest absolute Gasteiger partial charge is 0.294 e. The normalized spacial score (nSPS) is 13.8. The van der Waals surface area contributed by atoms with E-state index in [1.807, 2.05) is 56.3 Å². The zero-order valence-electron chi connectivity index (χ0n) is 23.8. The molecule has 3 aromatic carbocycles. The molecule has 11 heteroatoms. The number of furan rings is 1. The van der Waals surface area contributed by atoms with E-state index in [9.17, 15) is 32.6 Å². The van der Waals surface area contributed by atoms with Crippen LogP contribution in [0, 0.1) is 17.8 Å². The summed E-state index contributed by atoms with van der Waals surface area (Å²) in [4.78, 5) is 40.2. The Morgan fingerprint density at radius 3 is 2.16 bits per heavy atom. The van der Waals surface area contributed by atoms with E-state index in [-0.39, 0.29) is 29.4 Å². The highest BCUT2D eigenvalue weighted by molar-refractivity contribution is 7.85. The quantitative estimate of drug-likeness (QED) is 0.0742. The maximum absolute atomic E-state index is 14.0. The first-order valence-corrected chi connectivity index (χ1v) is 15.3. The number of hydroxylamine groups is 1. The van der Waals surface area contributed by atoms with Crippen molar-refractivity contribution in [2.24, 2.45) is 17.8 Å². The van der Waals surface area contributed by atoms with Crippen molar-refractivity contribution in [2.75, 3.05) is 0 Å². The summed E-state index contributed by atoms with van der Waals surface area (Å²) in [6, 6.07) is 20.5. The Morgan fingerprint density at radius 2 is 1.53 bits per heavy atom. The topological polar surface area (TPSA) is 163 Å². The average Bonchev–Trinajstić information content (AvgIpc) is 3.53. The number of nitrogens with one attached hydrogen (secondary N) is 2. The standard InChI is InChI=1S/C32H34N2O8S/c1-20(2)17-26(27(32(37)34-38)19-23-9-5-8-22-7-3-4-10-25(22)23)31(36)33-28(30(35)29-11-6-16-42-29)18-21-12-14-24(15-13-21)43(39,40)41/h3-16,20,26-28,38H,17-19H2,1-2H3,(H,33,36)(H,34,37)(H,39,40,41)/t26-,27?,28+/m1/s1. The number of amides is 2. The van der Waals surface area contributed by atoms with Gasteiger partial charge < -0.3 is 9.73 Å². The van der Waals surface area contributed by atoms with Gasteiger partial charge in [0, 0.05) is 6.42 Å². The fraction of sp³-hybridized carbons (Fsp3) is 0.281. The number of fused-ring (bicyclic) bond motifs is 1. The fourth-order valence-electron chi connectivity index (χ4n) is 5.28. The largest absolute Gasteiger partial charge is 0.461 e. The maximum atomic E-state index is 14.0. The van der Waals surface area contributed by atoms with Crippen LogP contribution in [0.15, 0.2) is 94.4 Å². The summed E-state index contributed by atoms with van der Waals surface area (Å²) in [5, 5.41) is 14.4. The number of Topliss-reactive ketones (excluding diaryl/α,β-unsaturated/α-hetero) is 1. The molecule has 1 heterocycles. The lowest BCUT2D eigenvalue weighted by molar-refractivity contribution is -0.141. The monoisotopic (exact) mass is 606 g/mol. The van der Waals surface area contributed by atoms with E-state index in [1.54, 1.807) is 11.5 Å². The summed E-state index contributed by atoms with van der Waals surface area (Å²) in [7, 11) is -4.41. The molecule has 0 aliphatic heterocycles. The number of rotatable bonds is 13. The minimum Gasteiger partial charge on any atom is -0.461 e. The Morgan fingerprint density at radius 1 is 0.837 bits per heavy atom. The van der Waals surface area contributed by atoms with Gasteiger partial charge in [0.1, 0.15) is 0 Å². The lowest BCUT2D eigenvalue weighted by atomic mass is 9.79. The Balaban J connectivity index is 1.67. The van der Waals surface area contributed by atoms with Crippen molar-refractivity contribution in [1.29, 1.82) is 0 Å². The molecule has 1 unspecified atom stereocenters. The van der Waals surface area contributed by atoms with Crippen molar-refractivity contribution < 1.29 is 37.0 Å². The number of carbonyl (C=O) groups excluding carboxylic acids is 3. The second-order valence-electron chi connectivity index (χ2n) is 10.9. The van der Waals surface area contributed by atoms with E-state index in [1.165, 1.54) is 36.6 Å². The van der Waals surface area contributed by atoms with Gasteiger partial charge in [0.25, 0.3) is 10.1 Å². The van der Waals surface area contributed by atoms with Crippen LogP contribution in [0.4, 0.5) is 0 Å². The molecule has 0 spiro atoms. The van der Waals surface area contributed by atoms with Gasteiger partial charge in [-0.1, -0.05) is 68.4 Å². The molecule has 10 nitrogen and oxygen atoms in total. The zero-order valence-corrected chi connectivity index (χ0v) is 24.6. The van der Waals surface area contributed by atoms with E-state index in [2.05, 4.69) is 5.32 Å². The minimum absolute atomic E-state index is 0.00976. The molecule has 0 aliphatic carbocycles. The number of carbonyl (C=O) groups is 3. The van der Waals surface area contributed by atoms with E-state index >= 15 is 0 Å². The van der Waals surface area contributed by atoms with Crippen LogP contribution in [0.5, 0.6) is 0 Å². The summed E-state index contributed by atoms with van der Waals surface area (Å²) >= 11 is 0. The molecule has 4 rings (SSSR count). The second-order valence-corrected chi connectivity index (χ2v) is 12.3. The van der Waals surface area contributed by atoms with E-state index in [0.29, 0.717) is 12.0 Å². The lowest BCUT2D eigenvalue weighted by Gasteiger charge is -2.28. The van der Waals surface area contributed by atoms with Gasteiger partial charge in [0.15, 0.2) is 5.76 Å². The van der Waals surface area contributed by atoms with Crippen molar-refractivity contribution in [3.63, 3.8) is 0 Å². The van der Waals surface area contributed by atoms with Crippen LogP contribution in [0.3, 0.4) is 0 Å². The molecular weight excluding hydrogens is 572 g/mol. The summed E-state index contributed by atoms with van der Waals surface area (Å²) in [5.41, 5.74) is 3.07. The summed E-state index contributed by atoms with van der Waals surface area (Å²) in [5.74, 6) is -3.67. The van der Waals surface area contributed by atoms with Gasteiger partial charge >= 0.3 is 0 Å². The first-order valence-electron chi connectivity index (χ1n) is 13.8. The summed E-state index contributed by atoms with van der Waals surface area (Å²) in [6.45, 7) is 3.82. The molecule has 226 valence electrons. The van der Waals surface area contributed by atoms with Gasteiger partial charge in [-0.15, -0.1) is 0 Å². The third-order valence-electron chi connectivity index (χ3n) is 7.37. The van der Waals surface area contributed by atoms with Crippen molar-refractivity contribution in [3.05, 3.63) is 102 Å². The highest BCUT2D eigenvalue weighted by Crippen LogP contribution is 2.29. The Bertz CT molecular complexity index is 1680. The van der Waals surface area contributed by atoms with Crippen molar-refractivity contribution in [1.82, 2.24) is 10.8 Å².